The summed E-state index contributed by atoms with van der Waals surface area (Å²) in [6, 6.07) is 20.7. The van der Waals surface area contributed by atoms with Crippen molar-refractivity contribution in [3.05, 3.63) is 94.6 Å². The molecule has 0 saturated heterocycles. The minimum Gasteiger partial charge on any atom is -0.461 e. The Morgan fingerprint density at radius 2 is 1.82 bits per heavy atom. The molecule has 0 aliphatic heterocycles. The summed E-state index contributed by atoms with van der Waals surface area (Å²) in [6.45, 7) is 1.97. The number of aromatic nitrogens is 5. The van der Waals surface area contributed by atoms with Crippen molar-refractivity contribution in [2.24, 2.45) is 0 Å². The van der Waals surface area contributed by atoms with Gasteiger partial charge < -0.3 is 8.94 Å². The Balaban J connectivity index is 1.46. The maximum atomic E-state index is 13.4. The monoisotopic (exact) mass is 455 g/mol. The van der Waals surface area contributed by atoms with Gasteiger partial charge in [-0.3, -0.25) is 9.20 Å². The lowest BCUT2D eigenvalue weighted by atomic mass is 10.2. The van der Waals surface area contributed by atoms with E-state index in [0.717, 1.165) is 22.5 Å². The topological polar surface area (TPSA) is 91.4 Å². The molecule has 0 fully saturated rings. The zero-order chi connectivity index (χ0) is 22.4. The first-order chi connectivity index (χ1) is 16.2. The number of aryl methyl sites for hydroxylation is 1. The average Bonchev–Trinajstić information content (AvgIpc) is 3.60. The number of rotatable bonds is 5. The first-order valence-electron chi connectivity index (χ1n) is 10.3. The Bertz CT molecular complexity index is 1660. The summed E-state index contributed by atoms with van der Waals surface area (Å²) in [6.07, 6.45) is 1.59. The van der Waals surface area contributed by atoms with Crippen LogP contribution in [0, 0.1) is 6.92 Å². The van der Waals surface area contributed by atoms with Gasteiger partial charge in [0.05, 0.1) is 28.5 Å². The van der Waals surface area contributed by atoms with E-state index in [9.17, 15) is 4.79 Å². The van der Waals surface area contributed by atoms with Crippen LogP contribution in [0.3, 0.4) is 0 Å². The molecule has 0 aliphatic carbocycles. The highest BCUT2D eigenvalue weighted by Gasteiger charge is 2.19. The molecule has 4 aromatic heterocycles. The van der Waals surface area contributed by atoms with Crippen molar-refractivity contribution < 1.29 is 8.94 Å². The van der Waals surface area contributed by atoms with Gasteiger partial charge in [0, 0.05) is 11.8 Å². The van der Waals surface area contributed by atoms with Crippen LogP contribution >= 0.6 is 11.8 Å². The summed E-state index contributed by atoms with van der Waals surface area (Å²) >= 11 is 1.47. The highest BCUT2D eigenvalue weighted by Crippen LogP contribution is 2.28. The molecule has 33 heavy (non-hydrogen) atoms. The molecule has 0 atom stereocenters. The SMILES string of the molecule is Cc1ccccc1-n1c(=O)c2ccccc2n2c(SCc3cc(-c4ccco4)on3)nnc12. The number of benzene rings is 2. The summed E-state index contributed by atoms with van der Waals surface area (Å²) in [5, 5.41) is 14.2. The molecule has 0 amide bonds. The van der Waals surface area contributed by atoms with Crippen molar-refractivity contribution in [2.75, 3.05) is 0 Å². The Morgan fingerprint density at radius 1 is 0.970 bits per heavy atom. The molecule has 6 aromatic rings. The zero-order valence-corrected chi connectivity index (χ0v) is 18.3. The molecule has 8 nitrogen and oxygen atoms in total. The summed E-state index contributed by atoms with van der Waals surface area (Å²) < 4.78 is 14.3. The van der Waals surface area contributed by atoms with Gasteiger partial charge in [-0.2, -0.15) is 0 Å². The minimum atomic E-state index is -0.129. The molecule has 0 spiro atoms. The Hall–Kier alpha value is -4.11. The highest BCUT2D eigenvalue weighted by atomic mass is 32.2. The second-order valence-corrected chi connectivity index (χ2v) is 8.45. The number of fused-ring (bicyclic) bond motifs is 3. The van der Waals surface area contributed by atoms with Gasteiger partial charge in [-0.05, 0) is 42.8 Å². The van der Waals surface area contributed by atoms with Gasteiger partial charge in [0.25, 0.3) is 5.56 Å². The van der Waals surface area contributed by atoms with Gasteiger partial charge in [0.15, 0.2) is 10.9 Å². The molecule has 0 radical (unpaired) electrons. The van der Waals surface area contributed by atoms with E-state index in [4.69, 9.17) is 8.94 Å². The Morgan fingerprint density at radius 3 is 2.67 bits per heavy atom. The van der Waals surface area contributed by atoms with E-state index >= 15 is 0 Å². The molecule has 9 heteroatoms. The molecule has 2 aromatic carbocycles. The largest absolute Gasteiger partial charge is 0.461 e. The first kappa shape index (κ1) is 19.6. The molecular formula is C24H17N5O3S. The van der Waals surface area contributed by atoms with Gasteiger partial charge in [-0.1, -0.05) is 47.3 Å². The van der Waals surface area contributed by atoms with Crippen LogP contribution in [0.1, 0.15) is 11.3 Å². The van der Waals surface area contributed by atoms with Crippen LogP contribution in [0.15, 0.2) is 91.9 Å². The molecular weight excluding hydrogens is 438 g/mol. The van der Waals surface area contributed by atoms with Crippen molar-refractivity contribution >= 4 is 28.4 Å². The van der Waals surface area contributed by atoms with Gasteiger partial charge in [0.2, 0.25) is 11.5 Å². The highest BCUT2D eigenvalue weighted by molar-refractivity contribution is 7.98. The molecule has 0 aliphatic rings. The number of nitrogens with zero attached hydrogens (tertiary/aromatic N) is 5. The first-order valence-corrected chi connectivity index (χ1v) is 11.3. The second-order valence-electron chi connectivity index (χ2n) is 7.51. The lowest BCUT2D eigenvalue weighted by molar-refractivity contribution is 0.413. The van der Waals surface area contributed by atoms with Gasteiger partial charge >= 0.3 is 0 Å². The van der Waals surface area contributed by atoms with Crippen LogP contribution in [0.5, 0.6) is 0 Å². The van der Waals surface area contributed by atoms with Crippen LogP contribution in [-0.2, 0) is 5.75 Å². The van der Waals surface area contributed by atoms with Crippen molar-refractivity contribution in [3.63, 3.8) is 0 Å². The Kier molecular flexibility index (Phi) is 4.62. The van der Waals surface area contributed by atoms with Crippen LogP contribution in [0.25, 0.3) is 33.9 Å². The fourth-order valence-corrected chi connectivity index (χ4v) is 4.68. The zero-order valence-electron chi connectivity index (χ0n) is 17.5. The summed E-state index contributed by atoms with van der Waals surface area (Å²) in [5.74, 6) is 2.18. The molecule has 0 bridgehead atoms. The van der Waals surface area contributed by atoms with E-state index in [1.54, 1.807) is 16.9 Å². The molecule has 0 unspecified atom stereocenters. The number of hydrogen-bond donors (Lipinski definition) is 0. The quantitative estimate of drug-likeness (QED) is 0.342. The van der Waals surface area contributed by atoms with Crippen molar-refractivity contribution in [2.45, 2.75) is 17.8 Å². The average molecular weight is 455 g/mol. The third-order valence-corrected chi connectivity index (χ3v) is 6.39. The lowest BCUT2D eigenvalue weighted by Gasteiger charge is -2.13. The van der Waals surface area contributed by atoms with E-state index in [1.807, 2.05) is 72.0 Å². The molecule has 0 N–H and O–H groups in total. The van der Waals surface area contributed by atoms with Crippen LogP contribution in [-0.4, -0.2) is 24.3 Å². The predicted molar refractivity (Wildman–Crippen MR) is 125 cm³/mol. The number of hydrogen-bond acceptors (Lipinski definition) is 7. The van der Waals surface area contributed by atoms with E-state index in [1.165, 1.54) is 11.8 Å². The van der Waals surface area contributed by atoms with Crippen molar-refractivity contribution in [1.82, 2.24) is 24.3 Å². The maximum Gasteiger partial charge on any atom is 0.267 e. The lowest BCUT2D eigenvalue weighted by Crippen LogP contribution is -2.22. The predicted octanol–water partition coefficient (Wildman–Crippen LogP) is 4.88. The van der Waals surface area contributed by atoms with Crippen molar-refractivity contribution in [3.8, 4) is 17.2 Å². The standard InChI is InChI=1S/C24H17N5O3S/c1-15-7-2-4-9-18(15)28-22(30)17-8-3-5-10-19(17)29-23(28)25-26-24(29)33-14-16-13-21(32-27-16)20-11-6-12-31-20/h2-13H,14H2,1H3. The van der Waals surface area contributed by atoms with E-state index in [-0.39, 0.29) is 5.56 Å². The van der Waals surface area contributed by atoms with Gasteiger partial charge in [-0.15, -0.1) is 10.2 Å². The minimum absolute atomic E-state index is 0.129. The number of thioether (sulfide) groups is 1. The van der Waals surface area contributed by atoms with Gasteiger partial charge in [0.1, 0.15) is 0 Å². The summed E-state index contributed by atoms with van der Waals surface area (Å²) in [5.41, 5.74) is 3.13. The van der Waals surface area contributed by atoms with E-state index in [0.29, 0.717) is 33.6 Å². The summed E-state index contributed by atoms with van der Waals surface area (Å²) in [4.78, 5) is 13.4. The molecule has 4 heterocycles. The Labute approximate surface area is 191 Å². The third-order valence-electron chi connectivity index (χ3n) is 5.42. The fourth-order valence-electron chi connectivity index (χ4n) is 3.86. The number of furan rings is 1. The van der Waals surface area contributed by atoms with Crippen LogP contribution < -0.4 is 5.56 Å². The van der Waals surface area contributed by atoms with E-state index < -0.39 is 0 Å². The van der Waals surface area contributed by atoms with Crippen LogP contribution in [0.2, 0.25) is 0 Å². The van der Waals surface area contributed by atoms with Crippen LogP contribution in [0.4, 0.5) is 0 Å². The second kappa shape index (κ2) is 7.79. The fraction of sp³-hybridized carbons (Fsp3) is 0.0833. The summed E-state index contributed by atoms with van der Waals surface area (Å²) in [7, 11) is 0. The normalized spacial score (nSPS) is 11.5. The third kappa shape index (κ3) is 3.25. The molecule has 6 rings (SSSR count). The maximum absolute atomic E-state index is 13.4. The number of para-hydroxylation sites is 2. The van der Waals surface area contributed by atoms with Crippen molar-refractivity contribution in [1.29, 1.82) is 0 Å². The molecule has 162 valence electrons. The van der Waals surface area contributed by atoms with Gasteiger partial charge in [-0.25, -0.2) is 4.57 Å². The molecule has 0 saturated carbocycles. The smallest absolute Gasteiger partial charge is 0.267 e. The van der Waals surface area contributed by atoms with E-state index in [2.05, 4.69) is 15.4 Å².